The van der Waals surface area contributed by atoms with Crippen molar-refractivity contribution < 1.29 is 45.8 Å². The molecule has 0 aliphatic carbocycles. The molecule has 7 heteroatoms. The predicted molar refractivity (Wildman–Crippen MR) is 47.0 cm³/mol. The van der Waals surface area contributed by atoms with E-state index in [2.05, 4.69) is 0 Å². The summed E-state index contributed by atoms with van der Waals surface area (Å²) in [5.74, 6) is 0. The molecule has 0 spiro atoms. The van der Waals surface area contributed by atoms with E-state index in [1.54, 1.807) is 0 Å². The third kappa shape index (κ3) is 450. The first kappa shape index (κ1) is 54.4. The quantitative estimate of drug-likeness (QED) is 0.410. The fraction of sp³-hybridized carbons (Fsp3) is 0.143. The first-order valence-electron chi connectivity index (χ1n) is 2.15. The molecule has 14 heavy (non-hydrogen) atoms. The van der Waals surface area contributed by atoms with Crippen LogP contribution in [0.2, 0.25) is 0 Å². The summed E-state index contributed by atoms with van der Waals surface area (Å²) in [6.45, 7) is 11.3. The van der Waals surface area contributed by atoms with Gasteiger partial charge in [-0.3, -0.25) is 6.29 Å². The minimum atomic E-state index is 0. The van der Waals surface area contributed by atoms with Crippen LogP contribution in [0.25, 0.3) is 0 Å². The molecule has 0 rings (SSSR count). The van der Waals surface area contributed by atoms with Crippen molar-refractivity contribution in [3.05, 3.63) is 0 Å². The molecule has 0 aromatic carbocycles. The van der Waals surface area contributed by atoms with E-state index in [9.17, 15) is 0 Å². The molecule has 0 heterocycles. The van der Waals surface area contributed by atoms with Crippen LogP contribution in [-0.2, 0) is 45.8 Å². The van der Waals surface area contributed by atoms with Crippen LogP contribution >= 0.6 is 0 Å². The Morgan fingerprint density at radius 1 is 0.643 bits per heavy atom. The van der Waals surface area contributed by atoms with Crippen molar-refractivity contribution in [3.63, 3.8) is 0 Å². The van der Waals surface area contributed by atoms with Gasteiger partial charge < -0.3 is 28.8 Å². The number of rotatable bonds is 0. The maximum Gasteiger partial charge on any atom is 0.106 e. The Morgan fingerprint density at radius 3 is 0.643 bits per heavy atom. The molecule has 1 radical (unpaired) electrons. The van der Waals surface area contributed by atoms with Gasteiger partial charge in [0, 0.05) is 17.1 Å². The largest absolute Gasteiger partial charge is 0.542 e. The van der Waals surface area contributed by atoms with Crippen molar-refractivity contribution in [1.82, 2.24) is 0 Å². The normalized spacial score (nSPS) is 2.36. The number of carbonyl (C=O) groups is 5. The summed E-state index contributed by atoms with van der Waals surface area (Å²) < 4.78 is 0. The number of hydrogen-bond donors (Lipinski definition) is 0. The van der Waals surface area contributed by atoms with Crippen molar-refractivity contribution in [3.8, 4) is 0 Å². The molecular weight excluding hydrogens is 235 g/mol. The predicted octanol–water partition coefficient (Wildman–Crippen LogP) is -0.811. The molecule has 0 aromatic heterocycles. The Kier molecular flexibility index (Phi) is 23500. The fourth-order valence-electron chi connectivity index (χ4n) is 0. The third-order valence-corrected chi connectivity index (χ3v) is 0. The second kappa shape index (κ2) is 6040. The van der Waals surface area contributed by atoms with Gasteiger partial charge in [0.05, 0.1) is 0 Å². The zero-order chi connectivity index (χ0) is 12.7. The second-order valence-corrected chi connectivity index (χ2v) is 0.204. The van der Waals surface area contributed by atoms with Gasteiger partial charge in [-0.05, 0) is 0 Å². The molecule has 85 valence electrons. The Labute approximate surface area is 93.5 Å². The molecule has 0 saturated carbocycles. The molecule has 0 aliphatic rings. The van der Waals surface area contributed by atoms with Crippen molar-refractivity contribution in [2.24, 2.45) is 0 Å². The topological polar surface area (TPSA) is 102 Å². The Morgan fingerprint density at radius 2 is 0.643 bits per heavy atom. The van der Waals surface area contributed by atoms with Gasteiger partial charge in [0.2, 0.25) is 0 Å². The molecule has 0 saturated heterocycles. The average molecular weight is 248 g/mol. The van der Waals surface area contributed by atoms with E-state index in [0.29, 0.717) is 0 Å². The standard InChI is InChI=1S/C2H3O.5CH2O.Mn/c1-2-3;5*1-2;/h1H3;5*1H2;/q-1;;;;;;. The minimum absolute atomic E-state index is 0. The maximum absolute atomic E-state index is 8.68. The van der Waals surface area contributed by atoms with Crippen LogP contribution in [0.4, 0.5) is 0 Å². The van der Waals surface area contributed by atoms with Crippen molar-refractivity contribution in [1.29, 1.82) is 0 Å². The van der Waals surface area contributed by atoms with Crippen LogP contribution in [0.1, 0.15) is 6.92 Å². The summed E-state index contributed by atoms with van der Waals surface area (Å²) in [6.07, 6.45) is 1.50. The molecule has 6 nitrogen and oxygen atoms in total. The van der Waals surface area contributed by atoms with Crippen LogP contribution in [-0.4, -0.2) is 40.2 Å². The smallest absolute Gasteiger partial charge is 0.106 e. The molecule has 0 aromatic rings. The monoisotopic (exact) mass is 248 g/mol. The molecule has 0 aliphatic heterocycles. The zero-order valence-corrected chi connectivity index (χ0v) is 9.04. The molecule has 0 amide bonds. The Hall–Kier alpha value is -1.46. The van der Waals surface area contributed by atoms with Gasteiger partial charge in [0.1, 0.15) is 33.9 Å². The van der Waals surface area contributed by atoms with Gasteiger partial charge in [-0.2, -0.15) is 6.92 Å². The van der Waals surface area contributed by atoms with E-state index < -0.39 is 0 Å². The van der Waals surface area contributed by atoms with E-state index in [-0.39, 0.29) is 17.1 Å². The molecule has 0 N–H and O–H groups in total. The molecule has 0 unspecified atom stereocenters. The Bertz CT molecular complexity index is 52.5. The molecular formula is C7H13MnO6-. The van der Waals surface area contributed by atoms with Gasteiger partial charge in [0.15, 0.2) is 0 Å². The van der Waals surface area contributed by atoms with E-state index in [0.717, 1.165) is 0 Å². The van der Waals surface area contributed by atoms with E-state index in [1.807, 2.05) is 33.9 Å². The van der Waals surface area contributed by atoms with E-state index >= 15 is 0 Å². The number of hydrogen-bond acceptors (Lipinski definition) is 6. The van der Waals surface area contributed by atoms with Crippen LogP contribution in [0, 0.1) is 0 Å². The average Bonchev–Trinajstić information content (AvgIpc) is 2.32. The maximum atomic E-state index is 8.68. The summed E-state index contributed by atoms with van der Waals surface area (Å²) in [7, 11) is 0. The SMILES string of the molecule is C=O.C=O.C=O.C=O.C=O.C[C-]=O.[Mn]. The van der Waals surface area contributed by atoms with E-state index in [1.165, 1.54) is 13.2 Å². The second-order valence-electron chi connectivity index (χ2n) is 0.204. The van der Waals surface area contributed by atoms with Crippen LogP contribution in [0.15, 0.2) is 0 Å². The van der Waals surface area contributed by atoms with Gasteiger partial charge in [0.25, 0.3) is 0 Å². The van der Waals surface area contributed by atoms with Crippen LogP contribution in [0.3, 0.4) is 0 Å². The molecule has 0 fully saturated rings. The Balaban J connectivity index is -0.00000000838. The third-order valence-electron chi connectivity index (χ3n) is 0. The molecule has 0 bridgehead atoms. The van der Waals surface area contributed by atoms with Crippen LogP contribution in [0.5, 0.6) is 0 Å². The van der Waals surface area contributed by atoms with Gasteiger partial charge in [-0.15, -0.1) is 0 Å². The van der Waals surface area contributed by atoms with Gasteiger partial charge >= 0.3 is 0 Å². The summed E-state index contributed by atoms with van der Waals surface area (Å²) >= 11 is 0. The van der Waals surface area contributed by atoms with Crippen molar-refractivity contribution in [2.45, 2.75) is 6.92 Å². The van der Waals surface area contributed by atoms with Gasteiger partial charge in [-0.25, -0.2) is 0 Å². The number of carbonyl (C=O) groups excluding carboxylic acids is 6. The zero-order valence-electron chi connectivity index (χ0n) is 7.86. The fourth-order valence-corrected chi connectivity index (χ4v) is 0. The summed E-state index contributed by atoms with van der Waals surface area (Å²) in [5.41, 5.74) is 0. The van der Waals surface area contributed by atoms with E-state index in [4.69, 9.17) is 28.8 Å². The first-order chi connectivity index (χ1) is 6.41. The first-order valence-corrected chi connectivity index (χ1v) is 2.15. The minimum Gasteiger partial charge on any atom is -0.542 e. The summed E-state index contributed by atoms with van der Waals surface area (Å²) in [5, 5.41) is 0. The van der Waals surface area contributed by atoms with Crippen molar-refractivity contribution >= 4 is 40.2 Å². The van der Waals surface area contributed by atoms with Gasteiger partial charge in [-0.1, -0.05) is 0 Å². The summed E-state index contributed by atoms with van der Waals surface area (Å²) in [6, 6.07) is 0. The molecule has 0 atom stereocenters. The summed E-state index contributed by atoms with van der Waals surface area (Å²) in [4.78, 5) is 48.7. The van der Waals surface area contributed by atoms with Crippen LogP contribution < -0.4 is 0 Å². The van der Waals surface area contributed by atoms with Crippen molar-refractivity contribution in [2.75, 3.05) is 0 Å².